The first kappa shape index (κ1) is 13.7. The van der Waals surface area contributed by atoms with Gasteiger partial charge in [-0.2, -0.15) is 5.10 Å². The summed E-state index contributed by atoms with van der Waals surface area (Å²) in [5, 5.41) is 7.08. The summed E-state index contributed by atoms with van der Waals surface area (Å²) in [7, 11) is 0. The summed E-state index contributed by atoms with van der Waals surface area (Å²) in [4.78, 5) is 11.9. The second-order valence-corrected chi connectivity index (χ2v) is 4.36. The van der Waals surface area contributed by atoms with Crippen LogP contribution >= 0.6 is 0 Å². The molecule has 5 nitrogen and oxygen atoms in total. The fraction of sp³-hybridized carbons (Fsp3) is 0.667. The molecule has 0 aliphatic rings. The van der Waals surface area contributed by atoms with Crippen LogP contribution in [0.25, 0.3) is 0 Å². The molecule has 3 N–H and O–H groups in total. The monoisotopic (exact) mass is 238 g/mol. The van der Waals surface area contributed by atoms with Crippen molar-refractivity contribution in [2.75, 3.05) is 6.54 Å². The SMILES string of the molecule is CCCC(CN)C(=O)NC(C)Cn1cccn1. The minimum Gasteiger partial charge on any atom is -0.352 e. The lowest BCUT2D eigenvalue weighted by Gasteiger charge is -2.18. The van der Waals surface area contributed by atoms with E-state index in [2.05, 4.69) is 17.3 Å². The van der Waals surface area contributed by atoms with E-state index in [1.807, 2.05) is 23.9 Å². The topological polar surface area (TPSA) is 72.9 Å². The predicted molar refractivity (Wildman–Crippen MR) is 67.3 cm³/mol. The van der Waals surface area contributed by atoms with Crippen LogP contribution in [0.5, 0.6) is 0 Å². The van der Waals surface area contributed by atoms with E-state index in [0.29, 0.717) is 13.1 Å². The van der Waals surface area contributed by atoms with Gasteiger partial charge in [0.15, 0.2) is 0 Å². The molecule has 1 amide bonds. The van der Waals surface area contributed by atoms with Gasteiger partial charge in [0.1, 0.15) is 0 Å². The van der Waals surface area contributed by atoms with Crippen molar-refractivity contribution in [1.29, 1.82) is 0 Å². The number of hydrogen-bond donors (Lipinski definition) is 2. The van der Waals surface area contributed by atoms with E-state index in [1.165, 1.54) is 0 Å². The Morgan fingerprint density at radius 2 is 2.35 bits per heavy atom. The quantitative estimate of drug-likeness (QED) is 0.736. The Bertz CT molecular complexity index is 323. The highest BCUT2D eigenvalue weighted by molar-refractivity contribution is 5.79. The second kappa shape index (κ2) is 7.06. The number of nitrogens with zero attached hydrogens (tertiary/aromatic N) is 2. The maximum absolute atomic E-state index is 11.9. The van der Waals surface area contributed by atoms with Gasteiger partial charge >= 0.3 is 0 Å². The molecule has 1 heterocycles. The first-order chi connectivity index (χ1) is 8.17. The maximum atomic E-state index is 11.9. The maximum Gasteiger partial charge on any atom is 0.224 e. The van der Waals surface area contributed by atoms with Gasteiger partial charge in [-0.1, -0.05) is 13.3 Å². The molecule has 17 heavy (non-hydrogen) atoms. The highest BCUT2D eigenvalue weighted by Crippen LogP contribution is 2.05. The molecule has 1 aromatic rings. The van der Waals surface area contributed by atoms with Gasteiger partial charge in [0.2, 0.25) is 5.91 Å². The van der Waals surface area contributed by atoms with Crippen LogP contribution in [0.3, 0.4) is 0 Å². The number of carbonyl (C=O) groups is 1. The van der Waals surface area contributed by atoms with Crippen molar-refractivity contribution in [3.8, 4) is 0 Å². The fourth-order valence-corrected chi connectivity index (χ4v) is 1.80. The molecular formula is C12H22N4O. The largest absolute Gasteiger partial charge is 0.352 e. The van der Waals surface area contributed by atoms with Gasteiger partial charge in [-0.3, -0.25) is 9.48 Å². The van der Waals surface area contributed by atoms with E-state index < -0.39 is 0 Å². The molecule has 1 rings (SSSR count). The van der Waals surface area contributed by atoms with Crippen LogP contribution in [0.15, 0.2) is 18.5 Å². The Morgan fingerprint density at radius 1 is 1.59 bits per heavy atom. The number of amides is 1. The summed E-state index contributed by atoms with van der Waals surface area (Å²) < 4.78 is 1.81. The van der Waals surface area contributed by atoms with E-state index in [9.17, 15) is 4.79 Å². The average molecular weight is 238 g/mol. The van der Waals surface area contributed by atoms with Gasteiger partial charge in [-0.25, -0.2) is 0 Å². The molecule has 0 aliphatic carbocycles. The van der Waals surface area contributed by atoms with E-state index in [-0.39, 0.29) is 17.9 Å². The van der Waals surface area contributed by atoms with Crippen molar-refractivity contribution in [2.45, 2.75) is 39.3 Å². The third-order valence-corrected chi connectivity index (χ3v) is 2.70. The van der Waals surface area contributed by atoms with Crippen molar-refractivity contribution >= 4 is 5.91 Å². The fourth-order valence-electron chi connectivity index (χ4n) is 1.80. The highest BCUT2D eigenvalue weighted by atomic mass is 16.1. The van der Waals surface area contributed by atoms with Crippen LogP contribution in [0.1, 0.15) is 26.7 Å². The number of rotatable bonds is 7. The van der Waals surface area contributed by atoms with Crippen molar-refractivity contribution in [1.82, 2.24) is 15.1 Å². The van der Waals surface area contributed by atoms with Gasteiger partial charge in [-0.15, -0.1) is 0 Å². The zero-order valence-electron chi connectivity index (χ0n) is 10.6. The third kappa shape index (κ3) is 4.56. The molecule has 0 saturated heterocycles. The van der Waals surface area contributed by atoms with E-state index in [1.54, 1.807) is 6.20 Å². The standard InChI is InChI=1S/C12H22N4O/c1-3-5-11(8-13)12(17)15-10(2)9-16-7-4-6-14-16/h4,6-7,10-11H,3,5,8-9,13H2,1-2H3,(H,15,17). The normalized spacial score (nSPS) is 14.3. The Hall–Kier alpha value is -1.36. The lowest BCUT2D eigenvalue weighted by atomic mass is 10.0. The molecule has 2 atom stereocenters. The zero-order valence-corrected chi connectivity index (χ0v) is 10.6. The van der Waals surface area contributed by atoms with Crippen LogP contribution in [0, 0.1) is 5.92 Å². The minimum atomic E-state index is -0.0694. The molecule has 5 heteroatoms. The second-order valence-electron chi connectivity index (χ2n) is 4.36. The Kier molecular flexibility index (Phi) is 5.69. The third-order valence-electron chi connectivity index (χ3n) is 2.70. The Labute approximate surface area is 102 Å². The molecule has 0 aromatic carbocycles. The smallest absolute Gasteiger partial charge is 0.224 e. The van der Waals surface area contributed by atoms with Gasteiger partial charge in [0.25, 0.3) is 0 Å². The van der Waals surface area contributed by atoms with Crippen LogP contribution < -0.4 is 11.1 Å². The molecule has 1 aromatic heterocycles. The zero-order chi connectivity index (χ0) is 12.7. The number of carbonyl (C=O) groups excluding carboxylic acids is 1. The number of nitrogens with two attached hydrogens (primary N) is 1. The van der Waals surface area contributed by atoms with Gasteiger partial charge in [0, 0.05) is 25.0 Å². The van der Waals surface area contributed by atoms with Crippen molar-refractivity contribution < 1.29 is 4.79 Å². The van der Waals surface area contributed by atoms with Crippen LogP contribution in [-0.4, -0.2) is 28.3 Å². The molecule has 96 valence electrons. The molecule has 2 unspecified atom stereocenters. The summed E-state index contributed by atoms with van der Waals surface area (Å²) in [5.41, 5.74) is 5.59. The molecule has 0 saturated carbocycles. The first-order valence-electron chi connectivity index (χ1n) is 6.15. The van der Waals surface area contributed by atoms with Gasteiger partial charge in [-0.05, 0) is 19.4 Å². The highest BCUT2D eigenvalue weighted by Gasteiger charge is 2.17. The van der Waals surface area contributed by atoms with E-state index in [4.69, 9.17) is 5.73 Å². The van der Waals surface area contributed by atoms with E-state index in [0.717, 1.165) is 12.8 Å². The lowest BCUT2D eigenvalue weighted by molar-refractivity contribution is -0.125. The lowest BCUT2D eigenvalue weighted by Crippen LogP contribution is -2.41. The summed E-state index contributed by atoms with van der Waals surface area (Å²) in [6.45, 7) is 5.12. The molecule has 0 aliphatic heterocycles. The van der Waals surface area contributed by atoms with Crippen molar-refractivity contribution in [2.24, 2.45) is 11.7 Å². The average Bonchev–Trinajstić information content (AvgIpc) is 2.78. The number of aromatic nitrogens is 2. The van der Waals surface area contributed by atoms with Gasteiger partial charge < -0.3 is 11.1 Å². The van der Waals surface area contributed by atoms with Crippen LogP contribution in [0.2, 0.25) is 0 Å². The molecule has 0 fully saturated rings. The van der Waals surface area contributed by atoms with Crippen LogP contribution in [-0.2, 0) is 11.3 Å². The van der Waals surface area contributed by atoms with E-state index >= 15 is 0 Å². The van der Waals surface area contributed by atoms with Crippen LogP contribution in [0.4, 0.5) is 0 Å². The minimum absolute atomic E-state index is 0.0500. The molecule has 0 bridgehead atoms. The summed E-state index contributed by atoms with van der Waals surface area (Å²) in [6.07, 6.45) is 5.43. The molecule has 0 spiro atoms. The van der Waals surface area contributed by atoms with Gasteiger partial charge in [0.05, 0.1) is 12.5 Å². The van der Waals surface area contributed by atoms with Crippen molar-refractivity contribution in [3.05, 3.63) is 18.5 Å². The summed E-state index contributed by atoms with van der Waals surface area (Å²) in [6, 6.07) is 1.93. The first-order valence-corrected chi connectivity index (χ1v) is 6.15. The number of nitrogens with one attached hydrogen (secondary N) is 1. The molecule has 0 radical (unpaired) electrons. The summed E-state index contributed by atoms with van der Waals surface area (Å²) >= 11 is 0. The predicted octanol–water partition coefficient (Wildman–Crippen LogP) is 0.763. The Morgan fingerprint density at radius 3 is 2.88 bits per heavy atom. The Balaban J connectivity index is 2.39. The summed E-state index contributed by atoms with van der Waals surface area (Å²) in [5.74, 6) is -0.0194. The number of hydrogen-bond acceptors (Lipinski definition) is 3. The molecular weight excluding hydrogens is 216 g/mol. The van der Waals surface area contributed by atoms with Crippen molar-refractivity contribution in [3.63, 3.8) is 0 Å².